The fourth-order valence-electron chi connectivity index (χ4n) is 0.947. The van der Waals surface area contributed by atoms with Gasteiger partial charge >= 0.3 is 0 Å². The number of hydrogen-bond donors (Lipinski definition) is 1. The predicted octanol–water partition coefficient (Wildman–Crippen LogP) is 0.534. The van der Waals surface area contributed by atoms with Crippen molar-refractivity contribution in [1.29, 1.82) is 0 Å². The summed E-state index contributed by atoms with van der Waals surface area (Å²) in [5.74, 6) is 0. The van der Waals surface area contributed by atoms with Crippen LogP contribution in [0.1, 0.15) is 12.5 Å². The zero-order valence-electron chi connectivity index (χ0n) is 5.86. The van der Waals surface area contributed by atoms with E-state index < -0.39 is 0 Å². The standard InChI is InChI=1S/C8H11N/c1-4-8-6(2)5-7(3)9-8/h4-5,9H,3H2,1-2H3. The lowest BCUT2D eigenvalue weighted by molar-refractivity contribution is 1.25. The van der Waals surface area contributed by atoms with Crippen molar-refractivity contribution in [3.63, 3.8) is 0 Å². The maximum absolute atomic E-state index is 3.77. The Kier molecular flexibility index (Phi) is 1.43. The molecule has 1 N–H and O–H groups in total. The fraction of sp³-hybridized carbons (Fsp3) is 0.250. The molecule has 0 bridgehead atoms. The van der Waals surface area contributed by atoms with Crippen LogP contribution in [-0.4, -0.2) is 4.98 Å². The molecule has 9 heavy (non-hydrogen) atoms. The zero-order chi connectivity index (χ0) is 6.85. The monoisotopic (exact) mass is 121 g/mol. The molecule has 1 heteroatoms. The second-order valence-electron chi connectivity index (χ2n) is 2.18. The van der Waals surface area contributed by atoms with Crippen LogP contribution in [0, 0.1) is 6.92 Å². The Hall–Kier alpha value is -0.980. The molecule has 0 fully saturated rings. The summed E-state index contributed by atoms with van der Waals surface area (Å²) in [6, 6.07) is 2.04. The Balaban J connectivity index is 3.51. The van der Waals surface area contributed by atoms with E-state index in [-0.39, 0.29) is 0 Å². The Morgan fingerprint density at radius 1 is 1.67 bits per heavy atom. The summed E-state index contributed by atoms with van der Waals surface area (Å²) >= 11 is 0. The van der Waals surface area contributed by atoms with Crippen molar-refractivity contribution in [3.05, 3.63) is 22.3 Å². The summed E-state index contributed by atoms with van der Waals surface area (Å²) in [7, 11) is 0. The van der Waals surface area contributed by atoms with Gasteiger partial charge in [-0.15, -0.1) is 0 Å². The number of H-pyrrole nitrogens is 1. The van der Waals surface area contributed by atoms with Gasteiger partial charge in [0.1, 0.15) is 0 Å². The van der Waals surface area contributed by atoms with Gasteiger partial charge < -0.3 is 4.98 Å². The molecule has 0 spiro atoms. The summed E-state index contributed by atoms with van der Waals surface area (Å²) in [5, 5.41) is 2.17. The number of aromatic nitrogens is 1. The number of nitrogens with one attached hydrogen (secondary N) is 1. The van der Waals surface area contributed by atoms with Crippen LogP contribution < -0.4 is 10.7 Å². The van der Waals surface area contributed by atoms with Crippen molar-refractivity contribution < 1.29 is 0 Å². The quantitative estimate of drug-likeness (QED) is 0.515. The van der Waals surface area contributed by atoms with Crippen LogP contribution in [0.3, 0.4) is 0 Å². The molecule has 0 saturated carbocycles. The van der Waals surface area contributed by atoms with E-state index in [0.717, 1.165) is 5.35 Å². The van der Waals surface area contributed by atoms with Gasteiger partial charge in [0.05, 0.1) is 0 Å². The van der Waals surface area contributed by atoms with Gasteiger partial charge in [0, 0.05) is 10.7 Å². The largest absolute Gasteiger partial charge is 0.356 e. The molecule has 0 aliphatic carbocycles. The predicted molar refractivity (Wildman–Crippen MR) is 40.4 cm³/mol. The molecule has 1 nitrogen and oxygen atoms in total. The molecule has 0 aliphatic heterocycles. The summed E-state index contributed by atoms with van der Waals surface area (Å²) in [5.41, 5.74) is 1.27. The van der Waals surface area contributed by atoms with Crippen molar-refractivity contribution in [1.82, 2.24) is 4.98 Å². The molecular formula is C8H11N. The Morgan fingerprint density at radius 3 is 2.56 bits per heavy atom. The van der Waals surface area contributed by atoms with E-state index in [9.17, 15) is 0 Å². The SMILES string of the molecule is C=c1cc(C)c(=CC)[nH]1. The van der Waals surface area contributed by atoms with Gasteiger partial charge in [0.15, 0.2) is 0 Å². The van der Waals surface area contributed by atoms with Gasteiger partial charge in [-0.2, -0.15) is 0 Å². The Labute approximate surface area is 54.7 Å². The first-order valence-corrected chi connectivity index (χ1v) is 3.05. The van der Waals surface area contributed by atoms with Crippen molar-refractivity contribution in [2.24, 2.45) is 0 Å². The van der Waals surface area contributed by atoms with Gasteiger partial charge in [-0.1, -0.05) is 12.7 Å². The molecule has 1 heterocycles. The van der Waals surface area contributed by atoms with Gasteiger partial charge in [0.2, 0.25) is 0 Å². The molecule has 0 aromatic carbocycles. The third kappa shape index (κ3) is 1.04. The Bertz CT molecular complexity index is 293. The molecule has 1 aromatic rings. The highest BCUT2D eigenvalue weighted by atomic mass is 14.7. The molecule has 0 amide bonds. The number of hydrogen-bond acceptors (Lipinski definition) is 0. The summed E-state index contributed by atoms with van der Waals surface area (Å²) in [4.78, 5) is 3.13. The molecule has 0 saturated heterocycles. The van der Waals surface area contributed by atoms with Gasteiger partial charge in [-0.25, -0.2) is 0 Å². The van der Waals surface area contributed by atoms with Crippen LogP contribution in [0.2, 0.25) is 0 Å². The highest BCUT2D eigenvalue weighted by Crippen LogP contribution is 1.77. The van der Waals surface area contributed by atoms with E-state index in [2.05, 4.69) is 18.5 Å². The highest BCUT2D eigenvalue weighted by molar-refractivity contribution is 5.23. The van der Waals surface area contributed by atoms with Crippen LogP contribution in [0.5, 0.6) is 0 Å². The van der Waals surface area contributed by atoms with Crippen LogP contribution in [-0.2, 0) is 0 Å². The normalized spacial score (nSPS) is 12.4. The Morgan fingerprint density at radius 2 is 2.33 bits per heavy atom. The van der Waals surface area contributed by atoms with Gasteiger partial charge in [-0.3, -0.25) is 0 Å². The molecule has 0 radical (unpaired) electrons. The van der Waals surface area contributed by atoms with E-state index in [4.69, 9.17) is 0 Å². The first kappa shape index (κ1) is 6.14. The van der Waals surface area contributed by atoms with E-state index in [1.54, 1.807) is 0 Å². The molecular weight excluding hydrogens is 110 g/mol. The third-order valence-corrected chi connectivity index (χ3v) is 1.40. The molecule has 0 aliphatic rings. The average Bonchev–Trinajstić information content (AvgIpc) is 2.10. The first-order valence-electron chi connectivity index (χ1n) is 3.05. The van der Waals surface area contributed by atoms with E-state index in [0.29, 0.717) is 0 Å². The van der Waals surface area contributed by atoms with Crippen molar-refractivity contribution in [2.75, 3.05) is 0 Å². The van der Waals surface area contributed by atoms with Gasteiger partial charge in [-0.05, 0) is 25.5 Å². The lowest BCUT2D eigenvalue weighted by atomic mass is 10.3. The summed E-state index contributed by atoms with van der Waals surface area (Å²) in [6.45, 7) is 7.86. The molecule has 1 rings (SSSR count). The van der Waals surface area contributed by atoms with Crippen molar-refractivity contribution >= 4 is 12.7 Å². The maximum Gasteiger partial charge on any atom is 0.0371 e. The fourth-order valence-corrected chi connectivity index (χ4v) is 0.947. The van der Waals surface area contributed by atoms with Crippen LogP contribution in [0.25, 0.3) is 12.7 Å². The van der Waals surface area contributed by atoms with Gasteiger partial charge in [0.25, 0.3) is 0 Å². The number of aromatic amines is 1. The summed E-state index contributed by atoms with van der Waals surface area (Å²) in [6.07, 6.45) is 2.05. The van der Waals surface area contributed by atoms with E-state index in [1.807, 2.05) is 19.1 Å². The average molecular weight is 121 g/mol. The first-order chi connectivity index (χ1) is 4.24. The van der Waals surface area contributed by atoms with Crippen LogP contribution in [0.15, 0.2) is 6.07 Å². The minimum Gasteiger partial charge on any atom is -0.356 e. The molecule has 48 valence electrons. The van der Waals surface area contributed by atoms with Crippen LogP contribution in [0.4, 0.5) is 0 Å². The lowest BCUT2D eigenvalue weighted by Crippen LogP contribution is -2.07. The van der Waals surface area contributed by atoms with E-state index >= 15 is 0 Å². The second kappa shape index (κ2) is 2.09. The van der Waals surface area contributed by atoms with E-state index in [1.165, 1.54) is 10.9 Å². The second-order valence-corrected chi connectivity index (χ2v) is 2.18. The minimum absolute atomic E-state index is 0.987. The third-order valence-electron chi connectivity index (χ3n) is 1.40. The van der Waals surface area contributed by atoms with Crippen molar-refractivity contribution in [2.45, 2.75) is 13.8 Å². The minimum atomic E-state index is 0.987. The summed E-state index contributed by atoms with van der Waals surface area (Å²) < 4.78 is 0. The van der Waals surface area contributed by atoms with Crippen LogP contribution >= 0.6 is 0 Å². The molecule has 0 atom stereocenters. The number of aryl methyl sites for hydroxylation is 1. The lowest BCUT2D eigenvalue weighted by Gasteiger charge is -1.76. The topological polar surface area (TPSA) is 15.8 Å². The molecule has 1 aromatic heterocycles. The smallest absolute Gasteiger partial charge is 0.0371 e. The highest BCUT2D eigenvalue weighted by Gasteiger charge is 1.85. The molecule has 0 unspecified atom stereocenters. The zero-order valence-corrected chi connectivity index (χ0v) is 5.86. The maximum atomic E-state index is 3.77. The number of rotatable bonds is 0. The van der Waals surface area contributed by atoms with Crippen molar-refractivity contribution in [3.8, 4) is 0 Å².